The highest BCUT2D eigenvalue weighted by molar-refractivity contribution is 8.13. The van der Waals surface area contributed by atoms with Gasteiger partial charge in [-0.05, 0) is 12.2 Å². The van der Waals surface area contributed by atoms with E-state index in [9.17, 15) is 0 Å². The van der Waals surface area contributed by atoms with Crippen molar-refractivity contribution >= 4 is 16.9 Å². The molecule has 0 amide bonds. The second-order valence-electron chi connectivity index (χ2n) is 2.52. The van der Waals surface area contributed by atoms with E-state index in [-0.39, 0.29) is 0 Å². The Bertz CT molecular complexity index is 118. The standard InChI is InChI=1S/C6H12N2S/c1-5-3-8(4-5)6(7)9-2/h5,7H,3-4H2,1-2H3. The molecular formula is C6H12N2S. The second kappa shape index (κ2) is 2.60. The molecule has 0 radical (unpaired) electrons. The maximum absolute atomic E-state index is 7.37. The predicted octanol–water partition coefficient (Wildman–Crippen LogP) is 1.24. The zero-order chi connectivity index (χ0) is 6.85. The molecule has 1 N–H and O–H groups in total. The maximum atomic E-state index is 7.37. The molecule has 1 rings (SSSR count). The summed E-state index contributed by atoms with van der Waals surface area (Å²) in [7, 11) is 0. The van der Waals surface area contributed by atoms with Crippen LogP contribution in [0.1, 0.15) is 6.92 Å². The fourth-order valence-electron chi connectivity index (χ4n) is 0.994. The van der Waals surface area contributed by atoms with Crippen LogP contribution in [0.25, 0.3) is 0 Å². The van der Waals surface area contributed by atoms with Gasteiger partial charge in [0, 0.05) is 13.1 Å². The maximum Gasteiger partial charge on any atom is 0.156 e. The molecule has 0 saturated carbocycles. The second-order valence-corrected chi connectivity index (χ2v) is 3.31. The number of hydrogen-bond donors (Lipinski definition) is 1. The van der Waals surface area contributed by atoms with Crippen LogP contribution in [0.4, 0.5) is 0 Å². The van der Waals surface area contributed by atoms with Crippen molar-refractivity contribution in [3.63, 3.8) is 0 Å². The summed E-state index contributed by atoms with van der Waals surface area (Å²) >= 11 is 1.52. The molecule has 0 unspecified atom stereocenters. The molecule has 9 heavy (non-hydrogen) atoms. The van der Waals surface area contributed by atoms with Gasteiger partial charge in [-0.25, -0.2) is 0 Å². The molecule has 0 aromatic heterocycles. The van der Waals surface area contributed by atoms with Crippen LogP contribution >= 0.6 is 11.8 Å². The van der Waals surface area contributed by atoms with E-state index in [1.165, 1.54) is 11.8 Å². The zero-order valence-corrected chi connectivity index (χ0v) is 6.66. The molecule has 1 aliphatic rings. The van der Waals surface area contributed by atoms with E-state index in [1.807, 2.05) is 6.26 Å². The lowest BCUT2D eigenvalue weighted by Crippen LogP contribution is -2.47. The van der Waals surface area contributed by atoms with Crippen LogP contribution in [-0.4, -0.2) is 29.4 Å². The van der Waals surface area contributed by atoms with Crippen molar-refractivity contribution in [2.45, 2.75) is 6.92 Å². The largest absolute Gasteiger partial charge is 0.351 e. The highest BCUT2D eigenvalue weighted by atomic mass is 32.2. The summed E-state index contributed by atoms with van der Waals surface area (Å²) in [5, 5.41) is 8.09. The number of rotatable bonds is 0. The molecule has 0 bridgehead atoms. The summed E-state index contributed by atoms with van der Waals surface area (Å²) in [4.78, 5) is 2.09. The molecule has 0 aromatic carbocycles. The summed E-state index contributed by atoms with van der Waals surface area (Å²) in [6, 6.07) is 0. The third-order valence-corrected chi connectivity index (χ3v) is 2.19. The Morgan fingerprint density at radius 1 is 1.67 bits per heavy atom. The lowest BCUT2D eigenvalue weighted by Gasteiger charge is -2.38. The highest BCUT2D eigenvalue weighted by Gasteiger charge is 2.23. The monoisotopic (exact) mass is 144 g/mol. The van der Waals surface area contributed by atoms with Crippen molar-refractivity contribution in [2.75, 3.05) is 19.3 Å². The number of likely N-dealkylation sites (tertiary alicyclic amines) is 1. The predicted molar refractivity (Wildman–Crippen MR) is 42.0 cm³/mol. The SMILES string of the molecule is CSC(=N)N1CC(C)C1. The van der Waals surface area contributed by atoms with Gasteiger partial charge in [0.25, 0.3) is 0 Å². The number of nitrogens with zero attached hydrogens (tertiary/aromatic N) is 1. The van der Waals surface area contributed by atoms with E-state index in [1.54, 1.807) is 0 Å². The first-order valence-corrected chi connectivity index (χ1v) is 4.34. The van der Waals surface area contributed by atoms with E-state index in [2.05, 4.69) is 11.8 Å². The Morgan fingerprint density at radius 3 is 2.56 bits per heavy atom. The average Bonchev–Trinajstić information content (AvgIpc) is 1.79. The molecule has 1 saturated heterocycles. The molecule has 1 aliphatic heterocycles. The van der Waals surface area contributed by atoms with E-state index < -0.39 is 0 Å². The minimum Gasteiger partial charge on any atom is -0.351 e. The summed E-state index contributed by atoms with van der Waals surface area (Å²) < 4.78 is 0. The fraction of sp³-hybridized carbons (Fsp3) is 0.833. The minimum atomic E-state index is 0.716. The smallest absolute Gasteiger partial charge is 0.156 e. The number of hydrogen-bond acceptors (Lipinski definition) is 2. The Kier molecular flexibility index (Phi) is 2.01. The Balaban J connectivity index is 2.23. The Morgan fingerprint density at radius 2 is 2.22 bits per heavy atom. The molecule has 52 valence electrons. The van der Waals surface area contributed by atoms with Crippen molar-refractivity contribution in [3.8, 4) is 0 Å². The van der Waals surface area contributed by atoms with Crippen molar-refractivity contribution in [1.29, 1.82) is 5.41 Å². The first kappa shape index (κ1) is 6.93. The molecule has 2 nitrogen and oxygen atoms in total. The van der Waals surface area contributed by atoms with Gasteiger partial charge >= 0.3 is 0 Å². The van der Waals surface area contributed by atoms with Crippen LogP contribution < -0.4 is 0 Å². The lowest BCUT2D eigenvalue weighted by atomic mass is 10.0. The molecular weight excluding hydrogens is 132 g/mol. The fourth-order valence-corrected chi connectivity index (χ4v) is 1.40. The summed E-state index contributed by atoms with van der Waals surface area (Å²) in [6.45, 7) is 4.38. The van der Waals surface area contributed by atoms with Gasteiger partial charge in [0.15, 0.2) is 5.17 Å². The number of thioether (sulfide) groups is 1. The molecule has 3 heteroatoms. The third-order valence-electron chi connectivity index (χ3n) is 1.54. The van der Waals surface area contributed by atoms with E-state index in [0.717, 1.165) is 19.0 Å². The van der Waals surface area contributed by atoms with E-state index in [4.69, 9.17) is 5.41 Å². The van der Waals surface area contributed by atoms with Crippen LogP contribution in [0, 0.1) is 11.3 Å². The first-order chi connectivity index (χ1) is 4.24. The minimum absolute atomic E-state index is 0.716. The van der Waals surface area contributed by atoms with Gasteiger partial charge in [-0.2, -0.15) is 0 Å². The lowest BCUT2D eigenvalue weighted by molar-refractivity contribution is 0.209. The molecule has 0 aromatic rings. The van der Waals surface area contributed by atoms with Gasteiger partial charge < -0.3 is 4.90 Å². The summed E-state index contributed by atoms with van der Waals surface area (Å²) in [6.07, 6.45) is 1.95. The quantitative estimate of drug-likeness (QED) is 0.409. The van der Waals surface area contributed by atoms with Gasteiger partial charge in [0.1, 0.15) is 0 Å². The van der Waals surface area contributed by atoms with Crippen molar-refractivity contribution in [2.24, 2.45) is 5.92 Å². The van der Waals surface area contributed by atoms with Crippen LogP contribution in [0.15, 0.2) is 0 Å². The van der Waals surface area contributed by atoms with Crippen molar-refractivity contribution in [1.82, 2.24) is 4.90 Å². The molecule has 0 spiro atoms. The zero-order valence-electron chi connectivity index (χ0n) is 5.85. The van der Waals surface area contributed by atoms with Gasteiger partial charge in [-0.15, -0.1) is 0 Å². The number of nitrogens with one attached hydrogen (secondary N) is 1. The third kappa shape index (κ3) is 1.39. The number of amidine groups is 1. The summed E-state index contributed by atoms with van der Waals surface area (Å²) in [5.41, 5.74) is 0. The van der Waals surface area contributed by atoms with E-state index >= 15 is 0 Å². The van der Waals surface area contributed by atoms with Gasteiger partial charge in [-0.1, -0.05) is 18.7 Å². The molecule has 1 heterocycles. The van der Waals surface area contributed by atoms with Gasteiger partial charge in [0.05, 0.1) is 0 Å². The first-order valence-electron chi connectivity index (χ1n) is 3.11. The van der Waals surface area contributed by atoms with Crippen molar-refractivity contribution in [3.05, 3.63) is 0 Å². The average molecular weight is 144 g/mol. The molecule has 0 atom stereocenters. The normalized spacial score (nSPS) is 19.6. The van der Waals surface area contributed by atoms with Crippen LogP contribution in [0.3, 0.4) is 0 Å². The van der Waals surface area contributed by atoms with Crippen LogP contribution in [-0.2, 0) is 0 Å². The highest BCUT2D eigenvalue weighted by Crippen LogP contribution is 2.17. The van der Waals surface area contributed by atoms with Gasteiger partial charge in [0.2, 0.25) is 0 Å². The Hall–Kier alpha value is -0.180. The van der Waals surface area contributed by atoms with Crippen LogP contribution in [0.2, 0.25) is 0 Å². The Labute approximate surface area is 60.1 Å². The van der Waals surface area contributed by atoms with Crippen molar-refractivity contribution < 1.29 is 0 Å². The van der Waals surface area contributed by atoms with Crippen LogP contribution in [0.5, 0.6) is 0 Å². The molecule has 1 fully saturated rings. The summed E-state index contributed by atoms with van der Waals surface area (Å²) in [5.74, 6) is 0.803. The van der Waals surface area contributed by atoms with E-state index in [0.29, 0.717) is 5.17 Å². The molecule has 0 aliphatic carbocycles. The van der Waals surface area contributed by atoms with Gasteiger partial charge in [-0.3, -0.25) is 5.41 Å². The topological polar surface area (TPSA) is 27.1 Å².